The average Bonchev–Trinajstić information content (AvgIpc) is 2.84. The molecule has 0 spiro atoms. The summed E-state index contributed by atoms with van der Waals surface area (Å²) in [6.45, 7) is 7.48. The molecule has 0 unspecified atom stereocenters. The largest absolute Gasteiger partial charge is 0.342 e. The number of carbonyl (C=O) groups excluding carboxylic acids is 2. The van der Waals surface area contributed by atoms with Gasteiger partial charge in [-0.25, -0.2) is 0 Å². The Labute approximate surface area is 155 Å². The highest BCUT2D eigenvalue weighted by molar-refractivity contribution is 7.14. The number of carbonyl (C=O) groups is 2. The molecule has 4 nitrogen and oxygen atoms in total. The zero-order valence-electron chi connectivity index (χ0n) is 15.6. The van der Waals surface area contributed by atoms with Gasteiger partial charge >= 0.3 is 0 Å². The maximum atomic E-state index is 12.8. The first-order chi connectivity index (χ1) is 12.1. The molecule has 2 saturated heterocycles. The minimum atomic E-state index is 0.110. The molecule has 0 atom stereocenters. The van der Waals surface area contributed by atoms with Gasteiger partial charge in [0.15, 0.2) is 0 Å². The highest BCUT2D eigenvalue weighted by Gasteiger charge is 2.31. The predicted octanol–water partition coefficient (Wildman–Crippen LogP) is 3.87. The van der Waals surface area contributed by atoms with Crippen LogP contribution in [-0.2, 0) is 11.2 Å². The summed E-state index contributed by atoms with van der Waals surface area (Å²) in [5.74, 6) is 0.584. The van der Waals surface area contributed by atoms with Crippen LogP contribution in [0.3, 0.4) is 0 Å². The number of piperidine rings is 1. The Morgan fingerprint density at radius 1 is 1.04 bits per heavy atom. The first-order valence-electron chi connectivity index (χ1n) is 9.77. The highest BCUT2D eigenvalue weighted by Crippen LogP contribution is 2.27. The van der Waals surface area contributed by atoms with E-state index in [4.69, 9.17) is 0 Å². The first kappa shape index (κ1) is 18.4. The third kappa shape index (κ3) is 4.25. The van der Waals surface area contributed by atoms with Crippen LogP contribution in [0.1, 0.15) is 65.6 Å². The molecule has 2 aliphatic rings. The van der Waals surface area contributed by atoms with Crippen molar-refractivity contribution in [3.63, 3.8) is 0 Å². The third-order valence-corrected chi connectivity index (χ3v) is 6.74. The van der Waals surface area contributed by atoms with E-state index in [0.29, 0.717) is 19.0 Å². The number of thiophene rings is 1. The molecule has 1 aromatic heterocycles. The van der Waals surface area contributed by atoms with Gasteiger partial charge in [-0.15, -0.1) is 11.3 Å². The van der Waals surface area contributed by atoms with E-state index in [9.17, 15) is 9.59 Å². The Morgan fingerprint density at radius 3 is 2.24 bits per heavy atom. The van der Waals surface area contributed by atoms with E-state index < -0.39 is 0 Å². The van der Waals surface area contributed by atoms with Gasteiger partial charge in [0, 0.05) is 37.0 Å². The van der Waals surface area contributed by atoms with Gasteiger partial charge in [-0.05, 0) is 50.7 Å². The topological polar surface area (TPSA) is 40.6 Å². The summed E-state index contributed by atoms with van der Waals surface area (Å²) in [5.41, 5.74) is 1.28. The Hall–Kier alpha value is -1.36. The summed E-state index contributed by atoms with van der Waals surface area (Å²) >= 11 is 1.61. The van der Waals surface area contributed by atoms with Gasteiger partial charge in [0.05, 0.1) is 4.88 Å². The molecular weight excluding hydrogens is 332 g/mol. The van der Waals surface area contributed by atoms with Gasteiger partial charge in [-0.3, -0.25) is 9.59 Å². The summed E-state index contributed by atoms with van der Waals surface area (Å²) in [6, 6.07) is 2.05. The number of nitrogens with zero attached hydrogens (tertiary/aromatic N) is 2. The van der Waals surface area contributed by atoms with Gasteiger partial charge in [-0.1, -0.05) is 19.8 Å². The standard InChI is InChI=1S/C20H30N2O2S/c1-3-16-14-18(25-15(16)2)20(24)22-12-8-17(9-13-22)19(23)21-10-6-4-5-7-11-21/h14,17H,3-13H2,1-2H3. The molecule has 3 heterocycles. The quantitative estimate of drug-likeness (QED) is 0.819. The summed E-state index contributed by atoms with van der Waals surface area (Å²) in [4.78, 5) is 31.6. The third-order valence-electron chi connectivity index (χ3n) is 5.66. The van der Waals surface area contributed by atoms with E-state index in [1.165, 1.54) is 23.3 Å². The summed E-state index contributed by atoms with van der Waals surface area (Å²) in [5, 5.41) is 0. The molecule has 0 radical (unpaired) electrons. The summed E-state index contributed by atoms with van der Waals surface area (Å²) in [6.07, 6.45) is 7.37. The fraction of sp³-hybridized carbons (Fsp3) is 0.700. The molecular formula is C20H30N2O2S. The van der Waals surface area contributed by atoms with Crippen LogP contribution >= 0.6 is 11.3 Å². The van der Waals surface area contributed by atoms with Crippen LogP contribution in [0.5, 0.6) is 0 Å². The highest BCUT2D eigenvalue weighted by atomic mass is 32.1. The molecule has 2 fully saturated rings. The van der Waals surface area contributed by atoms with Crippen LogP contribution in [-0.4, -0.2) is 47.8 Å². The van der Waals surface area contributed by atoms with Crippen molar-refractivity contribution >= 4 is 23.2 Å². The molecule has 5 heteroatoms. The Balaban J connectivity index is 1.55. The number of aryl methyl sites for hydroxylation is 2. The van der Waals surface area contributed by atoms with E-state index in [1.54, 1.807) is 11.3 Å². The molecule has 0 aromatic carbocycles. The first-order valence-corrected chi connectivity index (χ1v) is 10.6. The maximum absolute atomic E-state index is 12.8. The molecule has 138 valence electrons. The van der Waals surface area contributed by atoms with Crippen molar-refractivity contribution in [3.8, 4) is 0 Å². The second kappa shape index (κ2) is 8.35. The number of amides is 2. The number of hydrogen-bond donors (Lipinski definition) is 0. The zero-order valence-corrected chi connectivity index (χ0v) is 16.4. The van der Waals surface area contributed by atoms with Crippen molar-refractivity contribution < 1.29 is 9.59 Å². The van der Waals surface area contributed by atoms with E-state index in [0.717, 1.165) is 50.1 Å². The molecule has 0 saturated carbocycles. The lowest BCUT2D eigenvalue weighted by Crippen LogP contribution is -2.44. The minimum Gasteiger partial charge on any atom is -0.342 e. The molecule has 2 amide bonds. The van der Waals surface area contributed by atoms with Crippen LogP contribution in [0.15, 0.2) is 6.07 Å². The second-order valence-electron chi connectivity index (χ2n) is 7.35. The summed E-state index contributed by atoms with van der Waals surface area (Å²) in [7, 11) is 0. The van der Waals surface area contributed by atoms with E-state index in [2.05, 4.69) is 24.8 Å². The molecule has 2 aliphatic heterocycles. The lowest BCUT2D eigenvalue weighted by atomic mass is 9.95. The maximum Gasteiger partial charge on any atom is 0.263 e. The lowest BCUT2D eigenvalue weighted by molar-refractivity contribution is -0.136. The zero-order chi connectivity index (χ0) is 17.8. The molecule has 25 heavy (non-hydrogen) atoms. The lowest BCUT2D eigenvalue weighted by Gasteiger charge is -2.33. The van der Waals surface area contributed by atoms with Crippen LogP contribution in [0.2, 0.25) is 0 Å². The van der Waals surface area contributed by atoms with Gasteiger partial charge in [0.1, 0.15) is 0 Å². The molecule has 0 N–H and O–H groups in total. The Kier molecular flexibility index (Phi) is 6.15. The minimum absolute atomic E-state index is 0.110. The smallest absolute Gasteiger partial charge is 0.263 e. The van der Waals surface area contributed by atoms with Gasteiger partial charge in [0.25, 0.3) is 5.91 Å². The Bertz CT molecular complexity index is 609. The molecule has 1 aromatic rings. The van der Waals surface area contributed by atoms with Crippen molar-refractivity contribution in [2.75, 3.05) is 26.2 Å². The molecule has 0 bridgehead atoms. The van der Waals surface area contributed by atoms with Gasteiger partial charge in [0.2, 0.25) is 5.91 Å². The SMILES string of the molecule is CCc1cc(C(=O)N2CCC(C(=O)N3CCCCCC3)CC2)sc1C. The van der Waals surface area contributed by atoms with Gasteiger partial charge < -0.3 is 9.80 Å². The summed E-state index contributed by atoms with van der Waals surface area (Å²) < 4.78 is 0. The Morgan fingerprint density at radius 2 is 1.68 bits per heavy atom. The average molecular weight is 363 g/mol. The molecule has 3 rings (SSSR count). The fourth-order valence-corrected chi connectivity index (χ4v) is 5.09. The van der Waals surface area contributed by atoms with E-state index in [-0.39, 0.29) is 11.8 Å². The van der Waals surface area contributed by atoms with Crippen LogP contribution in [0.4, 0.5) is 0 Å². The van der Waals surface area contributed by atoms with Crippen LogP contribution < -0.4 is 0 Å². The van der Waals surface area contributed by atoms with Crippen LogP contribution in [0.25, 0.3) is 0 Å². The monoisotopic (exact) mass is 362 g/mol. The van der Waals surface area contributed by atoms with Crippen molar-refractivity contribution in [2.45, 2.75) is 58.8 Å². The number of hydrogen-bond acceptors (Lipinski definition) is 3. The predicted molar refractivity (Wildman–Crippen MR) is 102 cm³/mol. The normalized spacial score (nSPS) is 19.8. The van der Waals surface area contributed by atoms with Gasteiger partial charge in [-0.2, -0.15) is 0 Å². The van der Waals surface area contributed by atoms with E-state index in [1.807, 2.05) is 4.90 Å². The van der Waals surface area contributed by atoms with Crippen molar-refractivity contribution in [3.05, 3.63) is 21.4 Å². The van der Waals surface area contributed by atoms with Crippen molar-refractivity contribution in [2.24, 2.45) is 5.92 Å². The number of likely N-dealkylation sites (tertiary alicyclic amines) is 2. The van der Waals surface area contributed by atoms with Crippen LogP contribution in [0, 0.1) is 12.8 Å². The van der Waals surface area contributed by atoms with E-state index >= 15 is 0 Å². The fourth-order valence-electron chi connectivity index (χ4n) is 4.01. The molecule has 0 aliphatic carbocycles. The van der Waals surface area contributed by atoms with Crippen molar-refractivity contribution in [1.29, 1.82) is 0 Å². The number of rotatable bonds is 3. The second-order valence-corrected chi connectivity index (χ2v) is 8.61. The van der Waals surface area contributed by atoms with Crippen molar-refractivity contribution in [1.82, 2.24) is 9.80 Å².